The normalized spacial score (nSPS) is 12.6. The van der Waals surface area contributed by atoms with Crippen LogP contribution in [0, 0.1) is 20.8 Å². The monoisotopic (exact) mass is 206 g/mol. The molecule has 0 spiro atoms. The van der Waals surface area contributed by atoms with Crippen LogP contribution in [0.15, 0.2) is 12.1 Å². The Kier molecular flexibility index (Phi) is 3.64. The van der Waals surface area contributed by atoms with Gasteiger partial charge < -0.3 is 4.74 Å². The first-order valence-electron chi connectivity index (χ1n) is 5.12. The van der Waals surface area contributed by atoms with Gasteiger partial charge in [-0.2, -0.15) is 0 Å². The zero-order chi connectivity index (χ0) is 11.6. The lowest BCUT2D eigenvalue weighted by Gasteiger charge is -2.12. The molecule has 0 saturated carbocycles. The number of benzene rings is 1. The predicted octanol–water partition coefficient (Wildman–Crippen LogP) is 2.83. The molecule has 82 valence electrons. The number of methoxy groups -OCH3 is 1. The second-order valence-corrected chi connectivity index (χ2v) is 3.99. The second kappa shape index (κ2) is 4.58. The van der Waals surface area contributed by atoms with Crippen molar-refractivity contribution in [1.82, 2.24) is 0 Å². The van der Waals surface area contributed by atoms with Gasteiger partial charge in [-0.15, -0.1) is 0 Å². The van der Waals surface area contributed by atoms with Crippen molar-refractivity contribution >= 4 is 5.78 Å². The minimum absolute atomic E-state index is 0.0538. The van der Waals surface area contributed by atoms with Gasteiger partial charge in [-0.3, -0.25) is 4.79 Å². The fourth-order valence-electron chi connectivity index (χ4n) is 1.55. The van der Waals surface area contributed by atoms with E-state index in [4.69, 9.17) is 4.74 Å². The highest BCUT2D eigenvalue weighted by Crippen LogP contribution is 2.17. The molecule has 2 nitrogen and oxygen atoms in total. The van der Waals surface area contributed by atoms with Crippen LogP contribution >= 0.6 is 0 Å². The molecular weight excluding hydrogens is 188 g/mol. The molecule has 0 amide bonds. The van der Waals surface area contributed by atoms with Gasteiger partial charge in [0, 0.05) is 12.7 Å². The summed E-state index contributed by atoms with van der Waals surface area (Å²) in [4.78, 5) is 11.9. The first-order valence-corrected chi connectivity index (χ1v) is 5.12. The molecule has 0 aromatic heterocycles. The Hall–Kier alpha value is -1.15. The van der Waals surface area contributed by atoms with Crippen LogP contribution in [-0.2, 0) is 4.74 Å². The molecule has 15 heavy (non-hydrogen) atoms. The Morgan fingerprint density at radius 1 is 1.13 bits per heavy atom. The third kappa shape index (κ3) is 2.45. The molecule has 0 N–H and O–H groups in total. The minimum Gasteiger partial charge on any atom is -0.374 e. The van der Waals surface area contributed by atoms with Crippen LogP contribution < -0.4 is 0 Å². The highest BCUT2D eigenvalue weighted by Gasteiger charge is 2.16. The van der Waals surface area contributed by atoms with Crippen molar-refractivity contribution in [2.24, 2.45) is 0 Å². The van der Waals surface area contributed by atoms with E-state index in [1.807, 2.05) is 26.0 Å². The summed E-state index contributed by atoms with van der Waals surface area (Å²) in [6, 6.07) is 3.99. The molecule has 1 unspecified atom stereocenters. The highest BCUT2D eigenvalue weighted by molar-refractivity contribution is 6.00. The Balaban J connectivity index is 3.15. The summed E-state index contributed by atoms with van der Waals surface area (Å²) in [5.74, 6) is 0.0538. The van der Waals surface area contributed by atoms with E-state index in [9.17, 15) is 4.79 Å². The van der Waals surface area contributed by atoms with Crippen molar-refractivity contribution in [2.45, 2.75) is 33.8 Å². The Bertz CT molecular complexity index is 380. The van der Waals surface area contributed by atoms with Crippen molar-refractivity contribution in [3.05, 3.63) is 34.4 Å². The molecule has 1 aromatic rings. The Morgan fingerprint density at radius 3 is 2.20 bits per heavy atom. The molecular formula is C13H18O2. The molecule has 0 heterocycles. The molecule has 1 aromatic carbocycles. The van der Waals surface area contributed by atoms with Crippen LogP contribution in [0.2, 0.25) is 0 Å². The van der Waals surface area contributed by atoms with Crippen LogP contribution in [0.1, 0.15) is 34.0 Å². The lowest BCUT2D eigenvalue weighted by molar-refractivity contribution is 0.0655. The summed E-state index contributed by atoms with van der Waals surface area (Å²) in [5.41, 5.74) is 4.15. The maximum absolute atomic E-state index is 11.9. The van der Waals surface area contributed by atoms with E-state index in [1.54, 1.807) is 14.0 Å². The van der Waals surface area contributed by atoms with E-state index in [0.29, 0.717) is 0 Å². The third-order valence-electron chi connectivity index (χ3n) is 2.83. The minimum atomic E-state index is -0.370. The molecule has 2 heteroatoms. The van der Waals surface area contributed by atoms with Gasteiger partial charge in [-0.05, 0) is 50.5 Å². The molecule has 0 radical (unpaired) electrons. The van der Waals surface area contributed by atoms with Gasteiger partial charge in [0.2, 0.25) is 0 Å². The van der Waals surface area contributed by atoms with Crippen molar-refractivity contribution in [2.75, 3.05) is 7.11 Å². The van der Waals surface area contributed by atoms with Crippen LogP contribution in [0.25, 0.3) is 0 Å². The van der Waals surface area contributed by atoms with Crippen LogP contribution in [0.4, 0.5) is 0 Å². The third-order valence-corrected chi connectivity index (χ3v) is 2.83. The van der Waals surface area contributed by atoms with Crippen LogP contribution in [0.3, 0.4) is 0 Å². The fraction of sp³-hybridized carbons (Fsp3) is 0.462. The molecule has 1 atom stereocenters. The zero-order valence-corrected chi connectivity index (χ0v) is 10.0. The molecule has 0 aliphatic rings. The van der Waals surface area contributed by atoms with Crippen molar-refractivity contribution in [1.29, 1.82) is 0 Å². The first-order chi connectivity index (χ1) is 6.97. The average Bonchev–Trinajstić information content (AvgIpc) is 2.21. The lowest BCUT2D eigenvalue weighted by atomic mass is 9.96. The molecule has 0 aliphatic carbocycles. The van der Waals surface area contributed by atoms with E-state index < -0.39 is 0 Å². The van der Waals surface area contributed by atoms with Gasteiger partial charge >= 0.3 is 0 Å². The van der Waals surface area contributed by atoms with E-state index >= 15 is 0 Å². The zero-order valence-electron chi connectivity index (χ0n) is 10.0. The number of aryl methyl sites for hydroxylation is 3. The van der Waals surface area contributed by atoms with Gasteiger partial charge in [-0.1, -0.05) is 6.07 Å². The summed E-state index contributed by atoms with van der Waals surface area (Å²) in [7, 11) is 1.55. The number of rotatable bonds is 3. The molecule has 1 rings (SSSR count). The number of Topliss-reactive ketones (excluding diaryl/α,β-unsaturated/α-hetero) is 1. The number of hydrogen-bond donors (Lipinski definition) is 0. The van der Waals surface area contributed by atoms with Crippen molar-refractivity contribution in [3.63, 3.8) is 0 Å². The number of ketones is 1. The maximum atomic E-state index is 11.9. The van der Waals surface area contributed by atoms with E-state index in [1.165, 1.54) is 5.56 Å². The fourth-order valence-corrected chi connectivity index (χ4v) is 1.55. The smallest absolute Gasteiger partial charge is 0.191 e. The summed E-state index contributed by atoms with van der Waals surface area (Å²) in [6.45, 7) is 7.80. The molecule has 0 saturated heterocycles. The predicted molar refractivity (Wildman–Crippen MR) is 61.5 cm³/mol. The summed E-state index contributed by atoms with van der Waals surface area (Å²) in [6.07, 6.45) is -0.370. The quantitative estimate of drug-likeness (QED) is 0.711. The molecule has 0 bridgehead atoms. The van der Waals surface area contributed by atoms with E-state index in [-0.39, 0.29) is 11.9 Å². The van der Waals surface area contributed by atoms with Gasteiger partial charge in [0.25, 0.3) is 0 Å². The van der Waals surface area contributed by atoms with E-state index in [2.05, 4.69) is 6.92 Å². The maximum Gasteiger partial charge on any atom is 0.191 e. The SMILES string of the molecule is COC(C)C(=O)c1cc(C)c(C)cc1C. The highest BCUT2D eigenvalue weighted by atomic mass is 16.5. The molecule has 0 aliphatic heterocycles. The largest absolute Gasteiger partial charge is 0.374 e. The van der Waals surface area contributed by atoms with E-state index in [0.717, 1.165) is 16.7 Å². The van der Waals surface area contributed by atoms with Crippen molar-refractivity contribution < 1.29 is 9.53 Å². The topological polar surface area (TPSA) is 26.3 Å². The summed E-state index contributed by atoms with van der Waals surface area (Å²) < 4.78 is 5.04. The van der Waals surface area contributed by atoms with Gasteiger partial charge in [-0.25, -0.2) is 0 Å². The van der Waals surface area contributed by atoms with Crippen LogP contribution in [-0.4, -0.2) is 19.0 Å². The Morgan fingerprint density at radius 2 is 1.67 bits per heavy atom. The lowest BCUT2D eigenvalue weighted by Crippen LogP contribution is -2.20. The van der Waals surface area contributed by atoms with Gasteiger partial charge in [0.05, 0.1) is 0 Å². The Labute approximate surface area is 91.3 Å². The van der Waals surface area contributed by atoms with Crippen molar-refractivity contribution in [3.8, 4) is 0 Å². The summed E-state index contributed by atoms with van der Waals surface area (Å²) >= 11 is 0. The van der Waals surface area contributed by atoms with Crippen LogP contribution in [0.5, 0.6) is 0 Å². The molecule has 0 fully saturated rings. The average molecular weight is 206 g/mol. The van der Waals surface area contributed by atoms with Gasteiger partial charge in [0.1, 0.15) is 6.10 Å². The number of carbonyl (C=O) groups is 1. The van der Waals surface area contributed by atoms with Gasteiger partial charge in [0.15, 0.2) is 5.78 Å². The second-order valence-electron chi connectivity index (χ2n) is 3.99. The number of carbonyl (C=O) groups excluding carboxylic acids is 1. The number of ether oxygens (including phenoxy) is 1. The first kappa shape index (κ1) is 11.9. The number of hydrogen-bond acceptors (Lipinski definition) is 2. The standard InChI is InChI=1S/C13H18O2/c1-8-6-10(3)12(7-9(8)2)13(14)11(4)15-5/h6-7,11H,1-5H3. The summed E-state index contributed by atoms with van der Waals surface area (Å²) in [5, 5.41) is 0.